The fourth-order valence-electron chi connectivity index (χ4n) is 8.64. The van der Waals surface area contributed by atoms with Crippen LogP contribution in [0.2, 0.25) is 0 Å². The lowest BCUT2D eigenvalue weighted by Gasteiger charge is -2.35. The molecule has 2 aliphatic rings. The van der Waals surface area contributed by atoms with Gasteiger partial charge in [-0.3, -0.25) is 29.0 Å². The molecule has 0 aromatic heterocycles. The SMILES string of the molecule is CCCCCC(CC)N1C(=O)c2ccc3c4c(C#N)cc5c6c(ccc(c7c(C#N)cc(c2c37)C1=O)c64)C(=O)N(C(CC)CCCCC)C5=O. The Morgan fingerprint density at radius 1 is 0.520 bits per heavy atom. The Kier molecular flexibility index (Phi) is 8.52. The van der Waals surface area contributed by atoms with Gasteiger partial charge in [0.05, 0.1) is 34.4 Å². The number of imide groups is 2. The van der Waals surface area contributed by atoms with Gasteiger partial charge in [-0.2, -0.15) is 10.5 Å². The first kappa shape index (κ1) is 33.2. The summed E-state index contributed by atoms with van der Waals surface area (Å²) in [6.45, 7) is 8.19. The Labute approximate surface area is 291 Å². The molecule has 8 heteroatoms. The third-order valence-corrected chi connectivity index (χ3v) is 11.1. The first-order valence-electron chi connectivity index (χ1n) is 18.1. The Balaban J connectivity index is 1.52. The first-order chi connectivity index (χ1) is 24.3. The van der Waals surface area contributed by atoms with Crippen LogP contribution >= 0.6 is 0 Å². The van der Waals surface area contributed by atoms with Crippen LogP contribution in [0.15, 0.2) is 36.4 Å². The number of nitrogens with zero attached hydrogens (tertiary/aromatic N) is 4. The summed E-state index contributed by atoms with van der Waals surface area (Å²) < 4.78 is 0. The van der Waals surface area contributed by atoms with E-state index in [0.29, 0.717) is 91.0 Å². The number of nitriles is 2. The Morgan fingerprint density at radius 3 is 1.24 bits per heavy atom. The van der Waals surface area contributed by atoms with Crippen molar-refractivity contribution in [2.75, 3.05) is 0 Å². The smallest absolute Gasteiger partial charge is 0.261 e. The maximum absolute atomic E-state index is 14.3. The Bertz CT molecular complexity index is 2190. The summed E-state index contributed by atoms with van der Waals surface area (Å²) in [6.07, 6.45) is 8.53. The van der Waals surface area contributed by atoms with Crippen LogP contribution in [0.25, 0.3) is 43.1 Å². The van der Waals surface area contributed by atoms with Gasteiger partial charge in [0.25, 0.3) is 23.6 Å². The Morgan fingerprint density at radius 2 is 0.900 bits per heavy atom. The van der Waals surface area contributed by atoms with Crippen LogP contribution < -0.4 is 0 Å². The van der Waals surface area contributed by atoms with Crippen LogP contribution in [0.5, 0.6) is 0 Å². The van der Waals surface area contributed by atoms with E-state index in [1.807, 2.05) is 13.8 Å². The minimum atomic E-state index is -0.414. The first-order valence-corrected chi connectivity index (χ1v) is 18.1. The number of rotatable bonds is 12. The van der Waals surface area contributed by atoms with E-state index >= 15 is 0 Å². The van der Waals surface area contributed by atoms with Crippen molar-refractivity contribution >= 4 is 66.7 Å². The van der Waals surface area contributed by atoms with Crippen molar-refractivity contribution < 1.29 is 19.2 Å². The summed E-state index contributed by atoms with van der Waals surface area (Å²) in [5.41, 5.74) is 1.89. The van der Waals surface area contributed by atoms with Crippen LogP contribution in [0.1, 0.15) is 144 Å². The minimum absolute atomic E-state index is 0.259. The van der Waals surface area contributed by atoms with Crippen molar-refractivity contribution in [3.63, 3.8) is 0 Å². The van der Waals surface area contributed by atoms with Gasteiger partial charge in [-0.15, -0.1) is 0 Å². The van der Waals surface area contributed by atoms with Crippen LogP contribution in [0.3, 0.4) is 0 Å². The van der Waals surface area contributed by atoms with Gasteiger partial charge >= 0.3 is 0 Å². The highest BCUT2D eigenvalue weighted by molar-refractivity contribution is 6.42. The molecular formula is C42H40N4O4. The van der Waals surface area contributed by atoms with E-state index in [2.05, 4.69) is 26.0 Å². The molecule has 4 amide bonds. The maximum atomic E-state index is 14.3. The van der Waals surface area contributed by atoms with Crippen molar-refractivity contribution in [1.82, 2.24) is 9.80 Å². The van der Waals surface area contributed by atoms with Gasteiger partial charge in [-0.05, 0) is 60.7 Å². The molecule has 2 aliphatic heterocycles. The van der Waals surface area contributed by atoms with Gasteiger partial charge in [0.15, 0.2) is 0 Å². The van der Waals surface area contributed by atoms with Crippen LogP contribution in [0.4, 0.5) is 0 Å². The second kappa shape index (κ2) is 12.8. The normalized spacial score (nSPS) is 15.5. The molecule has 0 radical (unpaired) electrons. The molecule has 8 nitrogen and oxygen atoms in total. The third kappa shape index (κ3) is 4.62. The second-order valence-corrected chi connectivity index (χ2v) is 13.8. The van der Waals surface area contributed by atoms with E-state index in [1.165, 1.54) is 9.80 Å². The van der Waals surface area contributed by atoms with Crippen LogP contribution in [-0.2, 0) is 0 Å². The summed E-state index contributed by atoms with van der Waals surface area (Å²) in [4.78, 5) is 59.7. The lowest BCUT2D eigenvalue weighted by Crippen LogP contribution is -2.47. The highest BCUT2D eigenvalue weighted by Gasteiger charge is 2.41. The fraction of sp³-hybridized carbons (Fsp3) is 0.381. The molecule has 0 spiro atoms. The molecule has 5 aromatic carbocycles. The van der Waals surface area contributed by atoms with Crippen molar-refractivity contribution in [3.05, 3.63) is 69.8 Å². The molecule has 50 heavy (non-hydrogen) atoms. The molecule has 7 rings (SSSR count). The van der Waals surface area contributed by atoms with Crippen molar-refractivity contribution in [2.45, 2.75) is 104 Å². The van der Waals surface area contributed by atoms with Crippen molar-refractivity contribution in [2.24, 2.45) is 0 Å². The summed E-state index contributed by atoms with van der Waals surface area (Å²) >= 11 is 0. The lowest BCUT2D eigenvalue weighted by atomic mass is 9.79. The monoisotopic (exact) mass is 664 g/mol. The molecule has 0 N–H and O–H groups in total. The third-order valence-electron chi connectivity index (χ3n) is 11.1. The summed E-state index contributed by atoms with van der Waals surface area (Å²) in [5, 5.41) is 25.6. The summed E-state index contributed by atoms with van der Waals surface area (Å²) in [6, 6.07) is 14.3. The van der Waals surface area contributed by atoms with Crippen LogP contribution in [-0.4, -0.2) is 45.5 Å². The molecule has 0 bridgehead atoms. The lowest BCUT2D eigenvalue weighted by molar-refractivity contribution is 0.0508. The zero-order valence-electron chi connectivity index (χ0n) is 29.1. The van der Waals surface area contributed by atoms with E-state index in [4.69, 9.17) is 0 Å². The van der Waals surface area contributed by atoms with E-state index in [-0.39, 0.29) is 35.0 Å². The molecule has 0 saturated heterocycles. The molecule has 0 fully saturated rings. The average molecular weight is 665 g/mol. The highest BCUT2D eigenvalue weighted by atomic mass is 16.2. The molecule has 2 heterocycles. The molecule has 0 aliphatic carbocycles. The topological polar surface area (TPSA) is 122 Å². The minimum Gasteiger partial charge on any atom is -0.271 e. The van der Waals surface area contributed by atoms with Crippen molar-refractivity contribution in [3.8, 4) is 12.1 Å². The summed E-state index contributed by atoms with van der Waals surface area (Å²) in [5.74, 6) is -1.54. The largest absolute Gasteiger partial charge is 0.271 e. The van der Waals surface area contributed by atoms with Crippen molar-refractivity contribution in [1.29, 1.82) is 10.5 Å². The number of carbonyl (C=O) groups is 4. The Hall–Kier alpha value is -5.34. The summed E-state index contributed by atoms with van der Waals surface area (Å²) in [7, 11) is 0. The number of carbonyl (C=O) groups excluding carboxylic acids is 4. The van der Waals surface area contributed by atoms with Gasteiger partial charge in [0.2, 0.25) is 0 Å². The van der Waals surface area contributed by atoms with Gasteiger partial charge < -0.3 is 0 Å². The number of hydrogen-bond donors (Lipinski definition) is 0. The molecule has 2 unspecified atom stereocenters. The van der Waals surface area contributed by atoms with Gasteiger partial charge in [-0.25, -0.2) is 0 Å². The predicted molar refractivity (Wildman–Crippen MR) is 195 cm³/mol. The quantitative estimate of drug-likeness (QED) is 0.0567. The average Bonchev–Trinajstić information content (AvgIpc) is 3.13. The van der Waals surface area contributed by atoms with E-state index in [1.54, 1.807) is 36.4 Å². The number of fused-ring (bicyclic) bond motifs is 2. The molecule has 2 atom stereocenters. The zero-order valence-corrected chi connectivity index (χ0v) is 29.1. The van der Waals surface area contributed by atoms with E-state index in [9.17, 15) is 29.7 Å². The molecular weight excluding hydrogens is 624 g/mol. The zero-order chi connectivity index (χ0) is 35.4. The van der Waals surface area contributed by atoms with Gasteiger partial charge in [0, 0.05) is 55.5 Å². The fourth-order valence-corrected chi connectivity index (χ4v) is 8.64. The predicted octanol–water partition coefficient (Wildman–Crippen LogP) is 9.39. The van der Waals surface area contributed by atoms with E-state index in [0.717, 1.165) is 38.5 Å². The maximum Gasteiger partial charge on any atom is 0.261 e. The number of unbranched alkanes of at least 4 members (excludes halogenated alkanes) is 4. The molecule has 252 valence electrons. The number of amides is 4. The second-order valence-electron chi connectivity index (χ2n) is 13.8. The van der Waals surface area contributed by atoms with E-state index < -0.39 is 11.8 Å². The van der Waals surface area contributed by atoms with Gasteiger partial charge in [0.1, 0.15) is 0 Å². The number of benzene rings is 5. The molecule has 5 aromatic rings. The highest BCUT2D eigenvalue weighted by Crippen LogP contribution is 2.49. The number of hydrogen-bond acceptors (Lipinski definition) is 6. The molecule has 0 saturated carbocycles. The van der Waals surface area contributed by atoms with Gasteiger partial charge in [-0.1, -0.05) is 78.4 Å². The standard InChI is InChI=1S/C42H40N4O4/c1-5-9-11-13-25(7-3)45-39(47)29-17-15-27-34-24(22-44)20-32-36-30(40(48)46(42(32)50)26(8-4)14-12-10-6-2)18-16-28(38(34)36)33-23(21-43)19-31(41(45)49)35(29)37(27)33/h15-20,25-26H,5-14H2,1-4H3. The van der Waals surface area contributed by atoms with Crippen LogP contribution in [0, 0.1) is 22.7 Å².